The van der Waals surface area contributed by atoms with Crippen LogP contribution in [0.5, 0.6) is 23.0 Å². The number of Topliss-reactive ketones (excluding diaryl/α,β-unsaturated/α-hetero) is 1. The normalized spacial score (nSPS) is 14.2. The molecule has 4 aromatic rings. The highest BCUT2D eigenvalue weighted by Gasteiger charge is 2.31. The third-order valence-electron chi connectivity index (χ3n) is 5.16. The van der Waals surface area contributed by atoms with E-state index in [1.165, 1.54) is 6.07 Å². The summed E-state index contributed by atoms with van der Waals surface area (Å²) in [5.41, 5.74) is 3.74. The maximum absolute atomic E-state index is 12.8. The van der Waals surface area contributed by atoms with E-state index in [0.29, 0.717) is 0 Å². The lowest BCUT2D eigenvalue weighted by molar-refractivity contribution is 0.101. The number of ether oxygens (including phenoxy) is 2. The van der Waals surface area contributed by atoms with Crippen LogP contribution in [0, 0.1) is 0 Å². The van der Waals surface area contributed by atoms with E-state index in [9.17, 15) is 15.0 Å². The van der Waals surface area contributed by atoms with Crippen LogP contribution in [0.15, 0.2) is 66.6 Å². The summed E-state index contributed by atoms with van der Waals surface area (Å²) in [6, 6.07) is 16.1. The molecule has 1 aromatic heterocycles. The van der Waals surface area contributed by atoms with Crippen LogP contribution in [0.1, 0.15) is 15.9 Å². The summed E-state index contributed by atoms with van der Waals surface area (Å²) < 4.78 is 10.9. The van der Waals surface area contributed by atoms with Gasteiger partial charge < -0.3 is 24.7 Å². The third kappa shape index (κ3) is 2.78. The largest absolute Gasteiger partial charge is 0.508 e. The molecule has 148 valence electrons. The molecular formula is C24H17NO5. The number of carbonyl (C=O) groups excluding carboxylic acids is 1. The van der Waals surface area contributed by atoms with Gasteiger partial charge in [0.05, 0.1) is 7.11 Å². The Morgan fingerprint density at radius 3 is 2.63 bits per heavy atom. The van der Waals surface area contributed by atoms with E-state index < -0.39 is 5.78 Å². The zero-order valence-corrected chi connectivity index (χ0v) is 16.0. The van der Waals surface area contributed by atoms with Crippen molar-refractivity contribution in [1.82, 2.24) is 4.98 Å². The van der Waals surface area contributed by atoms with Gasteiger partial charge in [0.2, 0.25) is 5.78 Å². The monoisotopic (exact) mass is 399 g/mol. The maximum Gasteiger partial charge on any atom is 0.235 e. The molecule has 2 heterocycles. The molecule has 3 aromatic carbocycles. The van der Waals surface area contributed by atoms with Crippen molar-refractivity contribution in [3.05, 3.63) is 77.7 Å². The van der Waals surface area contributed by atoms with E-state index in [-0.39, 0.29) is 28.6 Å². The molecule has 0 bridgehead atoms. The lowest BCUT2D eigenvalue weighted by Gasteiger charge is -2.07. The molecule has 3 N–H and O–H groups in total. The lowest BCUT2D eigenvalue weighted by atomic mass is 9.98. The van der Waals surface area contributed by atoms with Crippen LogP contribution in [-0.2, 0) is 0 Å². The van der Waals surface area contributed by atoms with Crippen LogP contribution in [0.3, 0.4) is 0 Å². The van der Waals surface area contributed by atoms with Gasteiger partial charge in [0.15, 0.2) is 5.76 Å². The molecule has 0 spiro atoms. The van der Waals surface area contributed by atoms with Crippen molar-refractivity contribution >= 4 is 22.8 Å². The minimum Gasteiger partial charge on any atom is -0.508 e. The number of aromatic amines is 1. The van der Waals surface area contributed by atoms with Gasteiger partial charge in [-0.3, -0.25) is 4.79 Å². The Balaban J connectivity index is 1.62. The van der Waals surface area contributed by atoms with Crippen LogP contribution in [0.4, 0.5) is 0 Å². The van der Waals surface area contributed by atoms with E-state index in [4.69, 9.17) is 9.47 Å². The first-order valence-electron chi connectivity index (χ1n) is 9.30. The number of rotatable bonds is 3. The number of hydrogen-bond acceptors (Lipinski definition) is 5. The number of fused-ring (bicyclic) bond motifs is 2. The number of allylic oxidation sites excluding steroid dienone is 1. The topological polar surface area (TPSA) is 91.8 Å². The first-order valence-corrected chi connectivity index (χ1v) is 9.30. The molecule has 5 rings (SSSR count). The molecule has 0 atom stereocenters. The number of nitrogens with one attached hydrogen (secondary N) is 1. The van der Waals surface area contributed by atoms with E-state index >= 15 is 0 Å². The van der Waals surface area contributed by atoms with Crippen molar-refractivity contribution < 1.29 is 24.5 Å². The van der Waals surface area contributed by atoms with Crippen molar-refractivity contribution in [3.8, 4) is 34.1 Å². The second-order valence-corrected chi connectivity index (χ2v) is 6.98. The average molecular weight is 399 g/mol. The number of ketones is 1. The van der Waals surface area contributed by atoms with E-state index in [1.807, 2.05) is 48.7 Å². The molecule has 0 aliphatic carbocycles. The number of aromatic nitrogens is 1. The van der Waals surface area contributed by atoms with Crippen LogP contribution < -0.4 is 9.47 Å². The molecular weight excluding hydrogens is 382 g/mol. The molecule has 0 saturated carbocycles. The highest BCUT2D eigenvalue weighted by Crippen LogP contribution is 2.41. The molecule has 1 aliphatic heterocycles. The zero-order chi connectivity index (χ0) is 20.8. The SMILES string of the molecule is COc1ccc(-c2cccc3[nH]cc(C=C4Oc5cc(O)cc(O)c5C4=O)c23)cc1. The minimum absolute atomic E-state index is 0.0502. The van der Waals surface area contributed by atoms with Gasteiger partial charge in [-0.05, 0) is 35.4 Å². The van der Waals surface area contributed by atoms with Gasteiger partial charge in [-0.25, -0.2) is 0 Å². The number of hydrogen-bond donors (Lipinski definition) is 3. The van der Waals surface area contributed by atoms with Crippen LogP contribution >= 0.6 is 0 Å². The first kappa shape index (κ1) is 17.9. The Morgan fingerprint density at radius 2 is 1.87 bits per heavy atom. The molecule has 6 heteroatoms. The quantitative estimate of drug-likeness (QED) is 0.428. The summed E-state index contributed by atoms with van der Waals surface area (Å²) in [6.07, 6.45) is 3.45. The Morgan fingerprint density at radius 1 is 1.07 bits per heavy atom. The summed E-state index contributed by atoms with van der Waals surface area (Å²) in [5, 5.41) is 20.6. The van der Waals surface area contributed by atoms with Gasteiger partial charge in [-0.15, -0.1) is 0 Å². The van der Waals surface area contributed by atoms with Gasteiger partial charge >= 0.3 is 0 Å². The van der Waals surface area contributed by atoms with E-state index in [0.717, 1.165) is 39.4 Å². The van der Waals surface area contributed by atoms with Crippen molar-refractivity contribution in [1.29, 1.82) is 0 Å². The average Bonchev–Trinajstić information content (AvgIpc) is 3.29. The summed E-state index contributed by atoms with van der Waals surface area (Å²) in [5.74, 6) is 0.0765. The molecule has 6 nitrogen and oxygen atoms in total. The van der Waals surface area contributed by atoms with Crippen LogP contribution in [-0.4, -0.2) is 28.1 Å². The van der Waals surface area contributed by atoms with Crippen LogP contribution in [0.2, 0.25) is 0 Å². The molecule has 0 unspecified atom stereocenters. The molecule has 0 radical (unpaired) electrons. The Bertz CT molecular complexity index is 1330. The molecule has 1 aliphatic rings. The molecule has 0 saturated heterocycles. The predicted octanol–water partition coefficient (Wildman–Crippen LogP) is 4.87. The second-order valence-electron chi connectivity index (χ2n) is 6.98. The standard InChI is InChI=1S/C24H17NO5/c1-29-16-7-5-13(6-8-16)17-3-2-4-18-22(17)14(12-25-18)9-21-24(28)23-19(27)10-15(26)11-20(23)30-21/h2-12,25-27H,1H3. The fraction of sp³-hybridized carbons (Fsp3) is 0.0417. The Hall–Kier alpha value is -4.19. The smallest absolute Gasteiger partial charge is 0.235 e. The lowest BCUT2D eigenvalue weighted by Crippen LogP contribution is -1.98. The summed E-state index contributed by atoms with van der Waals surface area (Å²) in [6.45, 7) is 0. The molecule has 0 fully saturated rings. The number of benzene rings is 3. The number of carbonyl (C=O) groups is 1. The third-order valence-corrected chi connectivity index (χ3v) is 5.16. The van der Waals surface area contributed by atoms with Crippen LogP contribution in [0.25, 0.3) is 28.1 Å². The van der Waals surface area contributed by atoms with Gasteiger partial charge in [0, 0.05) is 34.8 Å². The summed E-state index contributed by atoms with van der Waals surface area (Å²) in [4.78, 5) is 16.0. The number of methoxy groups -OCH3 is 1. The van der Waals surface area contributed by atoms with Gasteiger partial charge in [-0.2, -0.15) is 0 Å². The number of phenols is 2. The summed E-state index contributed by atoms with van der Waals surface area (Å²) >= 11 is 0. The molecule has 0 amide bonds. The number of phenolic OH excluding ortho intramolecular Hbond substituents is 2. The van der Waals surface area contributed by atoms with Crippen molar-refractivity contribution in [2.24, 2.45) is 0 Å². The minimum atomic E-state index is -0.432. The zero-order valence-electron chi connectivity index (χ0n) is 16.0. The first-order chi connectivity index (χ1) is 14.5. The highest BCUT2D eigenvalue weighted by atomic mass is 16.5. The van der Waals surface area contributed by atoms with Gasteiger partial charge in [0.1, 0.15) is 28.6 Å². The molecule has 30 heavy (non-hydrogen) atoms. The Kier molecular flexibility index (Phi) is 3.99. The van der Waals surface area contributed by atoms with E-state index in [2.05, 4.69) is 4.98 Å². The summed E-state index contributed by atoms with van der Waals surface area (Å²) in [7, 11) is 1.63. The highest BCUT2D eigenvalue weighted by molar-refractivity contribution is 6.17. The van der Waals surface area contributed by atoms with Gasteiger partial charge in [-0.1, -0.05) is 24.3 Å². The van der Waals surface area contributed by atoms with E-state index in [1.54, 1.807) is 13.2 Å². The maximum atomic E-state index is 12.8. The van der Waals surface area contributed by atoms with Crippen molar-refractivity contribution in [2.75, 3.05) is 7.11 Å². The predicted molar refractivity (Wildman–Crippen MR) is 113 cm³/mol. The Labute approximate surface area is 171 Å². The fourth-order valence-corrected chi connectivity index (χ4v) is 3.76. The number of aromatic hydroxyl groups is 2. The van der Waals surface area contributed by atoms with Crippen molar-refractivity contribution in [3.63, 3.8) is 0 Å². The van der Waals surface area contributed by atoms with Gasteiger partial charge in [0.25, 0.3) is 0 Å². The fourth-order valence-electron chi connectivity index (χ4n) is 3.76. The van der Waals surface area contributed by atoms with Crippen molar-refractivity contribution in [2.45, 2.75) is 0 Å². The number of H-pyrrole nitrogens is 1. The second kappa shape index (κ2) is 6.70.